The van der Waals surface area contributed by atoms with Crippen LogP contribution >= 0.6 is 0 Å². The van der Waals surface area contributed by atoms with Crippen LogP contribution in [0.4, 0.5) is 16.2 Å². The van der Waals surface area contributed by atoms with Gasteiger partial charge in [0.15, 0.2) is 0 Å². The van der Waals surface area contributed by atoms with Gasteiger partial charge in [-0.2, -0.15) is 0 Å². The van der Waals surface area contributed by atoms with Crippen LogP contribution in [0.2, 0.25) is 0 Å². The van der Waals surface area contributed by atoms with Crippen molar-refractivity contribution in [1.29, 1.82) is 0 Å². The van der Waals surface area contributed by atoms with Crippen LogP contribution in [0.5, 0.6) is 5.75 Å². The highest BCUT2D eigenvalue weighted by atomic mass is 32.2. The zero-order valence-corrected chi connectivity index (χ0v) is 26.0. The van der Waals surface area contributed by atoms with Crippen LogP contribution in [-0.4, -0.2) is 58.4 Å². The molecule has 1 unspecified atom stereocenters. The monoisotopic (exact) mass is 612 g/mol. The average Bonchev–Trinajstić information content (AvgIpc) is 3.03. The molecule has 4 aromatic rings. The summed E-state index contributed by atoms with van der Waals surface area (Å²) in [7, 11) is 2.45. The van der Waals surface area contributed by atoms with Gasteiger partial charge in [0.25, 0.3) is 15.9 Å². The first-order valence-corrected chi connectivity index (χ1v) is 15.8. The van der Waals surface area contributed by atoms with Gasteiger partial charge in [0.2, 0.25) is 0 Å². The lowest BCUT2D eigenvalue weighted by Crippen LogP contribution is -2.36. The number of benzene rings is 4. The molecule has 4 aromatic carbocycles. The fraction of sp³-hybridized carbons (Fsp3) is 0.235. The van der Waals surface area contributed by atoms with Crippen LogP contribution in [-0.2, 0) is 16.4 Å². The van der Waals surface area contributed by atoms with Gasteiger partial charge < -0.3 is 19.9 Å². The molecule has 228 valence electrons. The van der Waals surface area contributed by atoms with Crippen LogP contribution in [0, 0.1) is 0 Å². The molecule has 0 saturated carbocycles. The maximum Gasteiger partial charge on any atom is 0.322 e. The Morgan fingerprint density at radius 1 is 0.841 bits per heavy atom. The molecule has 10 heteroatoms. The van der Waals surface area contributed by atoms with Gasteiger partial charge in [-0.3, -0.25) is 9.52 Å². The van der Waals surface area contributed by atoms with Crippen LogP contribution < -0.4 is 14.8 Å². The number of urea groups is 1. The maximum absolute atomic E-state index is 13.8. The van der Waals surface area contributed by atoms with Gasteiger partial charge in [0, 0.05) is 38.1 Å². The summed E-state index contributed by atoms with van der Waals surface area (Å²) >= 11 is 0. The molecule has 5 rings (SSSR count). The van der Waals surface area contributed by atoms with Crippen molar-refractivity contribution in [2.24, 2.45) is 0 Å². The predicted octanol–water partition coefficient (Wildman–Crippen LogP) is 6.41. The molecule has 0 radical (unpaired) electrons. The highest BCUT2D eigenvalue weighted by Crippen LogP contribution is 2.37. The number of carbonyl (C=O) groups excluding carboxylic acids is 2. The fourth-order valence-electron chi connectivity index (χ4n) is 5.48. The van der Waals surface area contributed by atoms with Gasteiger partial charge in [0.05, 0.1) is 13.2 Å². The van der Waals surface area contributed by atoms with E-state index in [0.717, 1.165) is 30.4 Å². The molecule has 0 spiro atoms. The van der Waals surface area contributed by atoms with E-state index in [1.807, 2.05) is 48.5 Å². The summed E-state index contributed by atoms with van der Waals surface area (Å²) in [5.74, 6) is 0.0405. The Bertz CT molecular complexity index is 1790. The number of nitrogens with zero attached hydrogens (tertiary/aromatic N) is 2. The number of aryl methyl sites for hydroxylation is 1. The van der Waals surface area contributed by atoms with Gasteiger partial charge >= 0.3 is 6.03 Å². The van der Waals surface area contributed by atoms with E-state index in [9.17, 15) is 18.0 Å². The van der Waals surface area contributed by atoms with Crippen molar-refractivity contribution in [2.45, 2.75) is 30.2 Å². The smallest absolute Gasteiger partial charge is 0.322 e. The highest BCUT2D eigenvalue weighted by molar-refractivity contribution is 7.92. The Kier molecular flexibility index (Phi) is 8.91. The summed E-state index contributed by atoms with van der Waals surface area (Å²) in [6.07, 6.45) is 2.52. The molecule has 1 aliphatic rings. The standard InChI is InChI=1S/C34H36N4O5S/c1-37(2)33(39)26-12-8-11-24(20-26)25-17-19-31(43-4)32(21-25)44(41,42)36-28-18-16-23-10-9-15-30(29(23)22-28)38(3)34(40)35-27-13-6-5-7-14-27/h5-8,11-14,16-22,30,36H,9-10,15H2,1-4H3,(H,35,40). The molecule has 0 heterocycles. The third-order valence-corrected chi connectivity index (χ3v) is 9.20. The number of methoxy groups -OCH3 is 1. The van der Waals surface area contributed by atoms with E-state index < -0.39 is 10.0 Å². The van der Waals surface area contributed by atoms with E-state index in [2.05, 4.69) is 10.0 Å². The summed E-state index contributed by atoms with van der Waals surface area (Å²) < 4.78 is 35.8. The van der Waals surface area contributed by atoms with E-state index >= 15 is 0 Å². The Hall–Kier alpha value is -4.83. The number of hydrogen-bond acceptors (Lipinski definition) is 5. The van der Waals surface area contributed by atoms with Crippen molar-refractivity contribution in [2.75, 3.05) is 38.3 Å². The van der Waals surface area contributed by atoms with Crippen LogP contribution in [0.3, 0.4) is 0 Å². The highest BCUT2D eigenvalue weighted by Gasteiger charge is 2.28. The molecule has 3 amide bonds. The molecular weight excluding hydrogens is 576 g/mol. The number of anilines is 2. The number of rotatable bonds is 8. The Morgan fingerprint density at radius 2 is 1.59 bits per heavy atom. The van der Waals surface area contributed by atoms with Crippen molar-refractivity contribution < 1.29 is 22.7 Å². The zero-order valence-electron chi connectivity index (χ0n) is 25.2. The third-order valence-electron chi connectivity index (χ3n) is 7.80. The second-order valence-corrected chi connectivity index (χ2v) is 12.6. The molecule has 0 saturated heterocycles. The van der Waals surface area contributed by atoms with E-state index in [-0.39, 0.29) is 28.6 Å². The second-order valence-electron chi connectivity index (χ2n) is 11.0. The Labute approximate surface area is 258 Å². The quantitative estimate of drug-likeness (QED) is 0.239. The normalized spacial score (nSPS) is 14.2. The largest absolute Gasteiger partial charge is 0.495 e. The molecule has 9 nitrogen and oxygen atoms in total. The van der Waals surface area contributed by atoms with Crippen molar-refractivity contribution in [3.8, 4) is 16.9 Å². The molecule has 0 bridgehead atoms. The predicted molar refractivity (Wildman–Crippen MR) is 173 cm³/mol. The Balaban J connectivity index is 1.43. The number of carbonyl (C=O) groups is 2. The third kappa shape index (κ3) is 6.55. The minimum atomic E-state index is -4.09. The number of amides is 3. The van der Waals surface area contributed by atoms with Crippen molar-refractivity contribution in [1.82, 2.24) is 9.80 Å². The summed E-state index contributed by atoms with van der Waals surface area (Å²) in [6.45, 7) is 0. The lowest BCUT2D eigenvalue weighted by Gasteiger charge is -2.33. The number of sulfonamides is 1. The van der Waals surface area contributed by atoms with Crippen LogP contribution in [0.25, 0.3) is 11.1 Å². The Morgan fingerprint density at radius 3 is 2.32 bits per heavy atom. The van der Waals surface area contributed by atoms with Crippen LogP contribution in [0.15, 0.2) is 95.9 Å². The molecule has 1 aliphatic carbocycles. The minimum Gasteiger partial charge on any atom is -0.495 e. The number of hydrogen-bond donors (Lipinski definition) is 2. The minimum absolute atomic E-state index is 0.0320. The zero-order chi connectivity index (χ0) is 31.4. The van der Waals surface area contributed by atoms with Gasteiger partial charge in [-0.1, -0.05) is 42.5 Å². The van der Waals surface area contributed by atoms with Crippen LogP contribution in [0.1, 0.15) is 40.4 Å². The summed E-state index contributed by atoms with van der Waals surface area (Å²) in [6, 6.07) is 26.3. The summed E-state index contributed by atoms with van der Waals surface area (Å²) in [4.78, 5) is 28.7. The van der Waals surface area contributed by atoms with E-state index in [1.54, 1.807) is 68.5 Å². The van der Waals surface area contributed by atoms with E-state index in [1.165, 1.54) is 12.0 Å². The fourth-order valence-corrected chi connectivity index (χ4v) is 6.73. The second kappa shape index (κ2) is 12.8. The average molecular weight is 613 g/mol. The lowest BCUT2D eigenvalue weighted by atomic mass is 9.86. The molecule has 0 aliphatic heterocycles. The number of para-hydroxylation sites is 1. The maximum atomic E-state index is 13.8. The molecule has 0 fully saturated rings. The first kappa shape index (κ1) is 30.6. The van der Waals surface area contributed by atoms with Crippen molar-refractivity contribution >= 4 is 33.3 Å². The number of nitrogens with one attached hydrogen (secondary N) is 2. The first-order valence-electron chi connectivity index (χ1n) is 14.3. The summed E-state index contributed by atoms with van der Waals surface area (Å²) in [5, 5.41) is 2.93. The van der Waals surface area contributed by atoms with Crippen molar-refractivity contribution in [3.63, 3.8) is 0 Å². The molecule has 0 aromatic heterocycles. The summed E-state index contributed by atoms with van der Waals surface area (Å²) in [5.41, 5.74) is 4.89. The number of fused-ring (bicyclic) bond motifs is 1. The van der Waals surface area contributed by atoms with E-state index in [0.29, 0.717) is 28.1 Å². The number of ether oxygens (including phenoxy) is 1. The SMILES string of the molecule is COc1ccc(-c2cccc(C(=O)N(C)C)c2)cc1S(=O)(=O)Nc1ccc2c(c1)C(N(C)C(=O)Nc1ccccc1)CCC2. The molecule has 44 heavy (non-hydrogen) atoms. The molecular formula is C34H36N4O5S. The topological polar surface area (TPSA) is 108 Å². The van der Waals surface area contributed by atoms with Gasteiger partial charge in [-0.05, 0) is 90.0 Å². The van der Waals surface area contributed by atoms with Gasteiger partial charge in [-0.15, -0.1) is 0 Å². The van der Waals surface area contributed by atoms with Crippen molar-refractivity contribution in [3.05, 3.63) is 108 Å². The molecule has 2 N–H and O–H groups in total. The first-order chi connectivity index (χ1) is 21.1. The molecule has 1 atom stereocenters. The lowest BCUT2D eigenvalue weighted by molar-refractivity contribution is 0.0827. The van der Waals surface area contributed by atoms with Gasteiger partial charge in [-0.25, -0.2) is 13.2 Å². The van der Waals surface area contributed by atoms with Gasteiger partial charge in [0.1, 0.15) is 10.6 Å². The van der Waals surface area contributed by atoms with E-state index in [4.69, 9.17) is 4.74 Å².